The Kier molecular flexibility index (Phi) is 4.98. The van der Waals surface area contributed by atoms with Crippen LogP contribution in [0.5, 0.6) is 5.75 Å². The molecule has 5 heteroatoms. The molecule has 0 bridgehead atoms. The lowest BCUT2D eigenvalue weighted by Gasteiger charge is -2.11. The van der Waals surface area contributed by atoms with Crippen molar-refractivity contribution in [1.82, 2.24) is 0 Å². The number of hydrogen-bond acceptors (Lipinski definition) is 2. The first-order valence-electron chi connectivity index (χ1n) is 6.99. The van der Waals surface area contributed by atoms with Gasteiger partial charge in [0.15, 0.2) is 6.61 Å². The van der Waals surface area contributed by atoms with Gasteiger partial charge in [0.1, 0.15) is 5.75 Å². The number of carbonyl (C=O) groups excluding carboxylic acids is 1. The lowest BCUT2D eigenvalue weighted by Crippen LogP contribution is -2.20. The van der Waals surface area contributed by atoms with Crippen LogP contribution < -0.4 is 10.1 Å². The topological polar surface area (TPSA) is 38.3 Å². The molecule has 0 saturated heterocycles. The molecule has 1 N–H and O–H groups in total. The van der Waals surface area contributed by atoms with E-state index in [0.29, 0.717) is 5.75 Å². The molecule has 0 aromatic heterocycles. The Morgan fingerprint density at radius 3 is 2.52 bits per heavy atom. The lowest BCUT2D eigenvalue weighted by molar-refractivity contribution is -0.118. The standard InChI is InChI=1S/C18H13Br2NO2/c19-14-7-3-4-8-15(14)21-17(22)11-23-16-10-9-12-5-1-2-6-13(12)18(16)20/h1-10H,11H2,(H,21,22). The Labute approximate surface area is 150 Å². The number of fused-ring (bicyclic) bond motifs is 1. The molecule has 0 heterocycles. The number of ether oxygens (including phenoxy) is 1. The van der Waals surface area contributed by atoms with Crippen LogP contribution in [-0.4, -0.2) is 12.5 Å². The minimum absolute atomic E-state index is 0.0573. The van der Waals surface area contributed by atoms with Crippen molar-refractivity contribution in [2.45, 2.75) is 0 Å². The van der Waals surface area contributed by atoms with Crippen LogP contribution in [0.3, 0.4) is 0 Å². The minimum atomic E-state index is -0.211. The number of halogens is 2. The summed E-state index contributed by atoms with van der Waals surface area (Å²) >= 11 is 6.94. The van der Waals surface area contributed by atoms with Crippen molar-refractivity contribution >= 4 is 54.2 Å². The lowest BCUT2D eigenvalue weighted by atomic mass is 10.1. The summed E-state index contributed by atoms with van der Waals surface area (Å²) in [6.07, 6.45) is 0. The summed E-state index contributed by atoms with van der Waals surface area (Å²) in [5.41, 5.74) is 0.721. The molecule has 0 fully saturated rings. The van der Waals surface area contributed by atoms with E-state index in [-0.39, 0.29) is 12.5 Å². The predicted octanol–water partition coefficient (Wildman–Crippen LogP) is 5.38. The van der Waals surface area contributed by atoms with Gasteiger partial charge in [-0.1, -0.05) is 42.5 Å². The summed E-state index contributed by atoms with van der Waals surface area (Å²) in [6, 6.07) is 19.3. The fourth-order valence-electron chi connectivity index (χ4n) is 2.22. The first-order valence-corrected chi connectivity index (χ1v) is 8.58. The van der Waals surface area contributed by atoms with Crippen LogP contribution in [0.4, 0.5) is 5.69 Å². The average molecular weight is 435 g/mol. The van der Waals surface area contributed by atoms with E-state index in [9.17, 15) is 4.79 Å². The number of nitrogens with one attached hydrogen (secondary N) is 1. The molecule has 0 atom stereocenters. The molecular formula is C18H13Br2NO2. The first-order chi connectivity index (χ1) is 11.1. The van der Waals surface area contributed by atoms with Gasteiger partial charge in [0.05, 0.1) is 10.2 Å². The molecule has 3 nitrogen and oxygen atoms in total. The molecule has 0 aliphatic rings. The number of benzene rings is 3. The smallest absolute Gasteiger partial charge is 0.262 e. The van der Waals surface area contributed by atoms with E-state index in [0.717, 1.165) is 25.4 Å². The van der Waals surface area contributed by atoms with Crippen LogP contribution in [0.25, 0.3) is 10.8 Å². The molecule has 0 spiro atoms. The van der Waals surface area contributed by atoms with Crippen molar-refractivity contribution in [2.75, 3.05) is 11.9 Å². The van der Waals surface area contributed by atoms with Gasteiger partial charge in [-0.05, 0) is 60.8 Å². The molecule has 3 aromatic rings. The van der Waals surface area contributed by atoms with Gasteiger partial charge in [0, 0.05) is 4.47 Å². The van der Waals surface area contributed by atoms with Gasteiger partial charge in [-0.2, -0.15) is 0 Å². The Balaban J connectivity index is 1.70. The van der Waals surface area contributed by atoms with E-state index in [1.54, 1.807) is 0 Å². The Bertz CT molecular complexity index is 865. The van der Waals surface area contributed by atoms with E-state index in [1.165, 1.54) is 0 Å². The second-order valence-corrected chi connectivity index (χ2v) is 6.56. The second kappa shape index (κ2) is 7.15. The molecule has 0 radical (unpaired) electrons. The highest BCUT2D eigenvalue weighted by Crippen LogP contribution is 2.33. The third-order valence-corrected chi connectivity index (χ3v) is 4.84. The van der Waals surface area contributed by atoms with Crippen molar-refractivity contribution in [1.29, 1.82) is 0 Å². The highest BCUT2D eigenvalue weighted by atomic mass is 79.9. The summed E-state index contributed by atoms with van der Waals surface area (Å²) < 4.78 is 7.33. The minimum Gasteiger partial charge on any atom is -0.483 e. The average Bonchev–Trinajstić information content (AvgIpc) is 2.57. The number of para-hydroxylation sites is 1. The van der Waals surface area contributed by atoms with Crippen LogP contribution >= 0.6 is 31.9 Å². The molecule has 3 rings (SSSR count). The van der Waals surface area contributed by atoms with Gasteiger partial charge in [-0.15, -0.1) is 0 Å². The van der Waals surface area contributed by atoms with Gasteiger partial charge in [0.25, 0.3) is 5.91 Å². The summed E-state index contributed by atoms with van der Waals surface area (Å²) in [4.78, 5) is 12.0. The van der Waals surface area contributed by atoms with Crippen LogP contribution in [-0.2, 0) is 4.79 Å². The first kappa shape index (κ1) is 16.0. The highest BCUT2D eigenvalue weighted by Gasteiger charge is 2.09. The maximum absolute atomic E-state index is 12.0. The van der Waals surface area contributed by atoms with Crippen LogP contribution in [0.2, 0.25) is 0 Å². The van der Waals surface area contributed by atoms with Crippen molar-refractivity contribution in [2.24, 2.45) is 0 Å². The highest BCUT2D eigenvalue weighted by molar-refractivity contribution is 9.11. The van der Waals surface area contributed by atoms with Crippen molar-refractivity contribution in [3.8, 4) is 5.75 Å². The van der Waals surface area contributed by atoms with Gasteiger partial charge in [-0.25, -0.2) is 0 Å². The summed E-state index contributed by atoms with van der Waals surface area (Å²) in [5, 5.41) is 4.98. The number of rotatable bonds is 4. The van der Waals surface area contributed by atoms with E-state index in [1.807, 2.05) is 60.7 Å². The molecule has 0 saturated carbocycles. The zero-order valence-corrected chi connectivity index (χ0v) is 15.2. The van der Waals surface area contributed by atoms with Crippen LogP contribution in [0.1, 0.15) is 0 Å². The Hall–Kier alpha value is -1.85. The third-order valence-electron chi connectivity index (χ3n) is 3.33. The summed E-state index contributed by atoms with van der Waals surface area (Å²) in [5.74, 6) is 0.433. The maximum atomic E-state index is 12.0. The van der Waals surface area contributed by atoms with Crippen molar-refractivity contribution in [3.05, 3.63) is 69.6 Å². The summed E-state index contributed by atoms with van der Waals surface area (Å²) in [7, 11) is 0. The van der Waals surface area contributed by atoms with Crippen molar-refractivity contribution in [3.63, 3.8) is 0 Å². The predicted molar refractivity (Wildman–Crippen MR) is 99.9 cm³/mol. The number of hydrogen-bond donors (Lipinski definition) is 1. The quantitative estimate of drug-likeness (QED) is 0.598. The Morgan fingerprint density at radius 1 is 0.957 bits per heavy atom. The molecule has 0 aliphatic heterocycles. The number of anilines is 1. The van der Waals surface area contributed by atoms with Gasteiger partial charge in [-0.3, -0.25) is 4.79 Å². The monoisotopic (exact) mass is 433 g/mol. The fraction of sp³-hybridized carbons (Fsp3) is 0.0556. The van der Waals surface area contributed by atoms with Gasteiger partial charge in [0.2, 0.25) is 0 Å². The van der Waals surface area contributed by atoms with E-state index < -0.39 is 0 Å². The molecule has 1 amide bonds. The van der Waals surface area contributed by atoms with Gasteiger partial charge < -0.3 is 10.1 Å². The van der Waals surface area contributed by atoms with Crippen LogP contribution in [0.15, 0.2) is 69.6 Å². The molecule has 0 unspecified atom stereocenters. The van der Waals surface area contributed by atoms with E-state index >= 15 is 0 Å². The van der Waals surface area contributed by atoms with E-state index in [4.69, 9.17) is 4.74 Å². The largest absolute Gasteiger partial charge is 0.483 e. The van der Waals surface area contributed by atoms with Gasteiger partial charge >= 0.3 is 0 Å². The molecule has 23 heavy (non-hydrogen) atoms. The van der Waals surface area contributed by atoms with E-state index in [2.05, 4.69) is 37.2 Å². The van der Waals surface area contributed by atoms with Crippen molar-refractivity contribution < 1.29 is 9.53 Å². The normalized spacial score (nSPS) is 10.5. The number of amides is 1. The zero-order valence-electron chi connectivity index (χ0n) is 12.1. The molecular weight excluding hydrogens is 422 g/mol. The zero-order chi connectivity index (χ0) is 16.2. The fourth-order valence-corrected chi connectivity index (χ4v) is 3.21. The maximum Gasteiger partial charge on any atom is 0.262 e. The Morgan fingerprint density at radius 2 is 1.70 bits per heavy atom. The molecule has 116 valence electrons. The SMILES string of the molecule is O=C(COc1ccc2ccccc2c1Br)Nc1ccccc1Br. The third kappa shape index (κ3) is 3.74. The second-order valence-electron chi connectivity index (χ2n) is 4.92. The number of carbonyl (C=O) groups is 1. The molecule has 3 aromatic carbocycles. The molecule has 0 aliphatic carbocycles. The summed E-state index contributed by atoms with van der Waals surface area (Å²) in [6.45, 7) is -0.0573. The van der Waals surface area contributed by atoms with Crippen LogP contribution in [0, 0.1) is 0 Å².